The second kappa shape index (κ2) is 11.1. The lowest BCUT2D eigenvalue weighted by Crippen LogP contribution is -2.53. The normalized spacial score (nSPS) is 18.5. The fourth-order valence-corrected chi connectivity index (χ4v) is 4.43. The van der Waals surface area contributed by atoms with E-state index in [1.807, 2.05) is 62.4 Å². The third-order valence-corrected chi connectivity index (χ3v) is 6.18. The van der Waals surface area contributed by atoms with Gasteiger partial charge in [0.15, 0.2) is 0 Å². The van der Waals surface area contributed by atoms with E-state index in [0.717, 1.165) is 28.7 Å². The number of carbonyl (C=O) groups is 3. The Morgan fingerprint density at radius 2 is 1.64 bits per heavy atom. The summed E-state index contributed by atoms with van der Waals surface area (Å²) in [5.74, 6) is -0.298. The van der Waals surface area contributed by atoms with Crippen molar-refractivity contribution in [1.29, 1.82) is 0 Å². The molecule has 4 atom stereocenters. The maximum Gasteiger partial charge on any atom is 0.408 e. The van der Waals surface area contributed by atoms with E-state index in [-0.39, 0.29) is 23.8 Å². The summed E-state index contributed by atoms with van der Waals surface area (Å²) in [6.45, 7) is 13.3. The molecule has 1 aliphatic rings. The van der Waals surface area contributed by atoms with Gasteiger partial charge in [-0.05, 0) is 65.0 Å². The van der Waals surface area contributed by atoms with Gasteiger partial charge in [-0.25, -0.2) is 4.79 Å². The molecule has 3 amide bonds. The molecule has 1 aliphatic carbocycles. The molecule has 1 fully saturated rings. The van der Waals surface area contributed by atoms with Crippen LogP contribution in [0.2, 0.25) is 0 Å². The second-order valence-electron chi connectivity index (χ2n) is 10.9. The van der Waals surface area contributed by atoms with Crippen LogP contribution in [-0.2, 0) is 20.9 Å². The van der Waals surface area contributed by atoms with Gasteiger partial charge in [-0.1, -0.05) is 66.6 Å². The minimum Gasteiger partial charge on any atom is -0.444 e. The molecule has 0 aromatic heterocycles. The van der Waals surface area contributed by atoms with E-state index >= 15 is 0 Å². The van der Waals surface area contributed by atoms with Gasteiger partial charge in [-0.15, -0.1) is 0 Å². The van der Waals surface area contributed by atoms with Crippen molar-refractivity contribution in [3.8, 4) is 0 Å². The van der Waals surface area contributed by atoms with Crippen molar-refractivity contribution in [2.24, 2.45) is 5.92 Å². The van der Waals surface area contributed by atoms with Gasteiger partial charge in [0.05, 0.1) is 0 Å². The Bertz CT molecular complexity index is 1070. The van der Waals surface area contributed by atoms with Crippen LogP contribution in [0, 0.1) is 19.8 Å². The van der Waals surface area contributed by atoms with Gasteiger partial charge in [0.1, 0.15) is 17.7 Å². The summed E-state index contributed by atoms with van der Waals surface area (Å²) in [6, 6.07) is 13.9. The summed E-state index contributed by atoms with van der Waals surface area (Å²) in [7, 11) is 0. The standard InChI is InChI=1S/C29H39N3O4/c1-18-13-19(2)15-23(14-18)25(26(33)30-17-22-11-9-8-10-12-22)32(24-16-20(24)3)27(34)21(4)31-28(35)36-29(5,6)7/h8-15,20-21,24-25H,16-17H2,1-7H3,(H,30,33)(H,31,35). The number of carbonyl (C=O) groups excluding carboxylic acids is 3. The van der Waals surface area contributed by atoms with Crippen molar-refractivity contribution < 1.29 is 19.1 Å². The first kappa shape index (κ1) is 27.2. The number of rotatable bonds is 8. The van der Waals surface area contributed by atoms with E-state index in [0.29, 0.717) is 6.54 Å². The summed E-state index contributed by atoms with van der Waals surface area (Å²) >= 11 is 0. The van der Waals surface area contributed by atoms with Crippen molar-refractivity contribution in [2.75, 3.05) is 0 Å². The first-order valence-corrected chi connectivity index (χ1v) is 12.6. The van der Waals surface area contributed by atoms with Crippen LogP contribution in [0.4, 0.5) is 4.79 Å². The van der Waals surface area contributed by atoms with Crippen molar-refractivity contribution in [1.82, 2.24) is 15.5 Å². The molecule has 194 valence electrons. The first-order valence-electron chi connectivity index (χ1n) is 12.6. The molecule has 0 spiro atoms. The average Bonchev–Trinajstić information content (AvgIpc) is 3.49. The van der Waals surface area contributed by atoms with E-state index in [1.54, 1.807) is 32.6 Å². The van der Waals surface area contributed by atoms with Crippen molar-refractivity contribution >= 4 is 17.9 Å². The van der Waals surface area contributed by atoms with Crippen molar-refractivity contribution in [3.05, 3.63) is 70.8 Å². The summed E-state index contributed by atoms with van der Waals surface area (Å²) in [4.78, 5) is 41.6. The maximum atomic E-state index is 13.8. The molecule has 1 saturated carbocycles. The quantitative estimate of drug-likeness (QED) is 0.552. The Kier molecular flexibility index (Phi) is 8.43. The number of amides is 3. The van der Waals surface area contributed by atoms with Gasteiger partial charge in [-0.2, -0.15) is 0 Å². The summed E-state index contributed by atoms with van der Waals surface area (Å²) in [6.07, 6.45) is 0.140. The molecule has 0 radical (unpaired) electrons. The molecule has 0 saturated heterocycles. The lowest BCUT2D eigenvalue weighted by molar-refractivity contribution is -0.143. The average molecular weight is 494 g/mol. The molecule has 36 heavy (non-hydrogen) atoms. The third-order valence-electron chi connectivity index (χ3n) is 6.18. The molecule has 0 bridgehead atoms. The maximum absolute atomic E-state index is 13.8. The van der Waals surface area contributed by atoms with Gasteiger partial charge >= 0.3 is 6.09 Å². The second-order valence-corrected chi connectivity index (χ2v) is 10.9. The van der Waals surface area contributed by atoms with Crippen molar-refractivity contribution in [3.63, 3.8) is 0 Å². The highest BCUT2D eigenvalue weighted by atomic mass is 16.6. The molecule has 3 rings (SSSR count). The minimum absolute atomic E-state index is 0.0892. The zero-order chi connectivity index (χ0) is 26.6. The molecule has 7 nitrogen and oxygen atoms in total. The molecule has 2 aromatic carbocycles. The van der Waals surface area contributed by atoms with Gasteiger partial charge in [0.25, 0.3) is 0 Å². The monoisotopic (exact) mass is 493 g/mol. The summed E-state index contributed by atoms with van der Waals surface area (Å²) < 4.78 is 5.35. The van der Waals surface area contributed by atoms with Crippen LogP contribution in [0.1, 0.15) is 69.3 Å². The van der Waals surface area contributed by atoms with Crippen LogP contribution in [-0.4, -0.2) is 40.5 Å². The molecule has 2 N–H and O–H groups in total. The number of aryl methyl sites for hydroxylation is 2. The van der Waals surface area contributed by atoms with Gasteiger partial charge < -0.3 is 20.3 Å². The molecule has 4 unspecified atom stereocenters. The zero-order valence-corrected chi connectivity index (χ0v) is 22.4. The van der Waals surface area contributed by atoms with Crippen LogP contribution in [0.5, 0.6) is 0 Å². The lowest BCUT2D eigenvalue weighted by atomic mass is 9.98. The highest BCUT2D eigenvalue weighted by molar-refractivity contribution is 5.92. The summed E-state index contributed by atoms with van der Waals surface area (Å²) in [5.41, 5.74) is 3.08. The zero-order valence-electron chi connectivity index (χ0n) is 22.4. The third kappa shape index (κ3) is 7.33. The van der Waals surface area contributed by atoms with Gasteiger partial charge in [0, 0.05) is 12.6 Å². The largest absolute Gasteiger partial charge is 0.444 e. The topological polar surface area (TPSA) is 87.7 Å². The number of hydrogen-bond donors (Lipinski definition) is 2. The number of alkyl carbamates (subject to hydrolysis) is 1. The SMILES string of the molecule is Cc1cc(C)cc(C(C(=O)NCc2ccccc2)N(C(=O)C(C)NC(=O)OC(C)(C)C)C2CC2C)c1. The smallest absolute Gasteiger partial charge is 0.408 e. The number of benzene rings is 2. The molecule has 2 aromatic rings. The minimum atomic E-state index is -0.858. The van der Waals surface area contributed by atoms with Crippen LogP contribution < -0.4 is 10.6 Å². The highest BCUT2D eigenvalue weighted by Gasteiger charge is 2.47. The van der Waals surface area contributed by atoms with Gasteiger partial charge in [-0.3, -0.25) is 9.59 Å². The lowest BCUT2D eigenvalue weighted by Gasteiger charge is -2.34. The van der Waals surface area contributed by atoms with Crippen molar-refractivity contribution in [2.45, 2.75) is 85.2 Å². The fourth-order valence-electron chi connectivity index (χ4n) is 4.43. The first-order chi connectivity index (χ1) is 16.9. The van der Waals surface area contributed by atoms with Crippen LogP contribution in [0.3, 0.4) is 0 Å². The van der Waals surface area contributed by atoms with Crippen LogP contribution in [0.15, 0.2) is 48.5 Å². The molecule has 0 aliphatic heterocycles. The Balaban J connectivity index is 1.92. The summed E-state index contributed by atoms with van der Waals surface area (Å²) in [5, 5.41) is 5.69. The molecule has 7 heteroatoms. The van der Waals surface area contributed by atoms with Crippen LogP contribution in [0.25, 0.3) is 0 Å². The van der Waals surface area contributed by atoms with E-state index < -0.39 is 23.8 Å². The van der Waals surface area contributed by atoms with Gasteiger partial charge in [0.2, 0.25) is 11.8 Å². The Labute approximate surface area is 214 Å². The predicted molar refractivity (Wildman–Crippen MR) is 140 cm³/mol. The Morgan fingerprint density at radius 1 is 1.06 bits per heavy atom. The predicted octanol–water partition coefficient (Wildman–Crippen LogP) is 4.81. The number of nitrogens with zero attached hydrogens (tertiary/aromatic N) is 1. The molecular weight excluding hydrogens is 454 g/mol. The Morgan fingerprint density at radius 3 is 2.17 bits per heavy atom. The Hall–Kier alpha value is -3.35. The molecular formula is C29H39N3O4. The van der Waals surface area contributed by atoms with E-state index in [9.17, 15) is 14.4 Å². The number of nitrogens with one attached hydrogen (secondary N) is 2. The van der Waals surface area contributed by atoms with E-state index in [2.05, 4.69) is 17.6 Å². The fraction of sp³-hybridized carbons (Fsp3) is 0.483. The highest BCUT2D eigenvalue weighted by Crippen LogP contribution is 2.41. The number of ether oxygens (including phenoxy) is 1. The van der Waals surface area contributed by atoms with E-state index in [1.165, 1.54) is 0 Å². The number of hydrogen-bond acceptors (Lipinski definition) is 4. The van der Waals surface area contributed by atoms with Crippen LogP contribution >= 0.6 is 0 Å². The van der Waals surface area contributed by atoms with E-state index in [4.69, 9.17) is 4.74 Å². The molecule has 0 heterocycles.